The highest BCUT2D eigenvalue weighted by Crippen LogP contribution is 2.42. The third kappa shape index (κ3) is 5.74. The van der Waals surface area contributed by atoms with Gasteiger partial charge in [0.1, 0.15) is 5.75 Å². The molecule has 0 aliphatic heterocycles. The zero-order valence-electron chi connectivity index (χ0n) is 17.9. The second-order valence-electron chi connectivity index (χ2n) is 7.66. The first-order valence-electron chi connectivity index (χ1n) is 10.2. The lowest BCUT2D eigenvalue weighted by Crippen LogP contribution is -2.09. The molecule has 8 heteroatoms. The second-order valence-corrected chi connectivity index (χ2v) is 8.94. The Morgan fingerprint density at radius 2 is 1.67 bits per heavy atom. The van der Waals surface area contributed by atoms with Gasteiger partial charge in [-0.1, -0.05) is 60.8 Å². The third-order valence-electron chi connectivity index (χ3n) is 4.57. The fraction of sp³-hybridized carbons (Fsp3) is 0.160. The summed E-state index contributed by atoms with van der Waals surface area (Å²) >= 11 is 18.9. The van der Waals surface area contributed by atoms with E-state index in [4.69, 9.17) is 49.3 Å². The van der Waals surface area contributed by atoms with Crippen LogP contribution in [0.3, 0.4) is 0 Å². The Hall–Kier alpha value is -2.86. The molecule has 0 atom stereocenters. The highest BCUT2D eigenvalue weighted by molar-refractivity contribution is 6.36. The second kappa shape index (κ2) is 10.4. The Labute approximate surface area is 207 Å². The van der Waals surface area contributed by atoms with Crippen molar-refractivity contribution in [3.63, 3.8) is 0 Å². The molecule has 0 saturated heterocycles. The predicted molar refractivity (Wildman–Crippen MR) is 133 cm³/mol. The van der Waals surface area contributed by atoms with Gasteiger partial charge in [-0.25, -0.2) is 0 Å². The van der Waals surface area contributed by atoms with Crippen molar-refractivity contribution in [3.8, 4) is 40.0 Å². The maximum Gasteiger partial charge on any atom is 0.320 e. The lowest BCUT2D eigenvalue weighted by molar-refractivity contribution is 0.248. The summed E-state index contributed by atoms with van der Waals surface area (Å²) in [7, 11) is 0. The van der Waals surface area contributed by atoms with Crippen LogP contribution < -0.4 is 9.47 Å². The van der Waals surface area contributed by atoms with Crippen molar-refractivity contribution >= 4 is 34.8 Å². The van der Waals surface area contributed by atoms with Crippen LogP contribution in [0.5, 0.6) is 17.6 Å². The fourth-order valence-corrected chi connectivity index (χ4v) is 3.70. The molecule has 0 unspecified atom stereocenters. The Morgan fingerprint density at radius 1 is 0.909 bits per heavy atom. The van der Waals surface area contributed by atoms with Crippen LogP contribution in [0.2, 0.25) is 15.1 Å². The van der Waals surface area contributed by atoms with Crippen molar-refractivity contribution < 1.29 is 9.47 Å². The summed E-state index contributed by atoms with van der Waals surface area (Å²) in [6.07, 6.45) is 3.28. The van der Waals surface area contributed by atoms with Gasteiger partial charge in [-0.05, 0) is 53.9 Å². The van der Waals surface area contributed by atoms with E-state index in [0.29, 0.717) is 50.1 Å². The van der Waals surface area contributed by atoms with Crippen LogP contribution in [-0.2, 0) is 0 Å². The maximum atomic E-state index is 6.58. The number of pyridine rings is 1. The van der Waals surface area contributed by atoms with Gasteiger partial charge in [-0.2, -0.15) is 9.97 Å². The summed E-state index contributed by atoms with van der Waals surface area (Å²) in [6.45, 7) is 4.54. The highest BCUT2D eigenvalue weighted by atomic mass is 35.5. The first kappa shape index (κ1) is 23.3. The van der Waals surface area contributed by atoms with Gasteiger partial charge in [-0.3, -0.25) is 4.98 Å². The molecule has 0 bridgehead atoms. The molecule has 0 spiro atoms. The van der Waals surface area contributed by atoms with E-state index in [1.54, 1.807) is 48.8 Å². The molecule has 2 aromatic carbocycles. The van der Waals surface area contributed by atoms with Gasteiger partial charge < -0.3 is 9.47 Å². The number of aromatic nitrogens is 3. The molecule has 0 amide bonds. The monoisotopic (exact) mass is 499 g/mol. The fourth-order valence-electron chi connectivity index (χ4n) is 3.07. The average molecular weight is 501 g/mol. The van der Waals surface area contributed by atoms with Crippen LogP contribution in [0.1, 0.15) is 13.8 Å². The number of nitrogens with zero attached hydrogens (tertiary/aromatic N) is 3. The van der Waals surface area contributed by atoms with E-state index in [1.165, 1.54) is 0 Å². The summed E-state index contributed by atoms with van der Waals surface area (Å²) in [5.74, 6) is 1.12. The third-order valence-corrected chi connectivity index (χ3v) is 5.37. The summed E-state index contributed by atoms with van der Waals surface area (Å²) in [5.41, 5.74) is 2.65. The average Bonchev–Trinajstić information content (AvgIpc) is 2.79. The largest absolute Gasteiger partial charge is 0.463 e. The van der Waals surface area contributed by atoms with Gasteiger partial charge in [0.25, 0.3) is 0 Å². The van der Waals surface area contributed by atoms with Crippen LogP contribution in [0.4, 0.5) is 0 Å². The summed E-state index contributed by atoms with van der Waals surface area (Å²) in [6, 6.07) is 16.3. The minimum atomic E-state index is 0.182. The lowest BCUT2D eigenvalue weighted by atomic mass is 10.00. The van der Waals surface area contributed by atoms with E-state index < -0.39 is 0 Å². The zero-order valence-corrected chi connectivity index (χ0v) is 20.2. The van der Waals surface area contributed by atoms with Crippen molar-refractivity contribution in [1.82, 2.24) is 15.0 Å². The predicted octanol–water partition coefficient (Wildman–Crippen LogP) is 7.99. The topological polar surface area (TPSA) is 57.1 Å². The molecule has 5 nitrogen and oxygen atoms in total. The van der Waals surface area contributed by atoms with Gasteiger partial charge in [0, 0.05) is 21.8 Å². The Kier molecular flexibility index (Phi) is 7.33. The quantitative estimate of drug-likeness (QED) is 0.257. The van der Waals surface area contributed by atoms with Crippen LogP contribution in [-0.4, -0.2) is 21.6 Å². The number of benzene rings is 2. The van der Waals surface area contributed by atoms with Crippen LogP contribution in [0.15, 0.2) is 67.0 Å². The molecule has 0 saturated carbocycles. The standard InChI is InChI=1S/C25H20Cl3N3O2/c1-15(2)14-32-25-30-23(20-10-9-18(27)12-21(20)28)22(16-5-7-17(26)8-6-16)24(31-25)33-19-4-3-11-29-13-19/h3-13,15H,14H2,1-2H3. The number of hydrogen-bond acceptors (Lipinski definition) is 5. The Bertz CT molecular complexity index is 1250. The number of ether oxygens (including phenoxy) is 2. The molecular weight excluding hydrogens is 481 g/mol. The molecule has 4 rings (SSSR count). The molecule has 2 heterocycles. The molecule has 4 aromatic rings. The van der Waals surface area contributed by atoms with E-state index in [9.17, 15) is 0 Å². The van der Waals surface area contributed by atoms with Gasteiger partial charge >= 0.3 is 6.01 Å². The first-order valence-corrected chi connectivity index (χ1v) is 11.4. The van der Waals surface area contributed by atoms with Gasteiger partial charge in [0.2, 0.25) is 5.88 Å². The molecule has 168 valence electrons. The number of halogens is 3. The minimum absolute atomic E-state index is 0.182. The molecule has 0 radical (unpaired) electrons. The SMILES string of the molecule is CC(C)COc1nc(Oc2cccnc2)c(-c2ccc(Cl)cc2)c(-c2ccc(Cl)cc2Cl)n1. The highest BCUT2D eigenvalue weighted by Gasteiger charge is 2.22. The smallest absolute Gasteiger partial charge is 0.320 e. The van der Waals surface area contributed by atoms with Gasteiger partial charge in [-0.15, -0.1) is 0 Å². The molecule has 0 aliphatic rings. The summed E-state index contributed by atoms with van der Waals surface area (Å²) in [5, 5.41) is 1.57. The van der Waals surface area contributed by atoms with Crippen molar-refractivity contribution in [1.29, 1.82) is 0 Å². The van der Waals surface area contributed by atoms with Gasteiger partial charge in [0.05, 0.1) is 29.1 Å². The van der Waals surface area contributed by atoms with Crippen LogP contribution >= 0.6 is 34.8 Å². The van der Waals surface area contributed by atoms with Crippen LogP contribution in [0, 0.1) is 5.92 Å². The zero-order chi connectivity index (χ0) is 23.4. The molecule has 0 N–H and O–H groups in total. The van der Waals surface area contributed by atoms with E-state index in [-0.39, 0.29) is 11.9 Å². The summed E-state index contributed by atoms with van der Waals surface area (Å²) in [4.78, 5) is 13.4. The first-order chi connectivity index (χ1) is 15.9. The number of rotatable bonds is 7. The Morgan fingerprint density at radius 3 is 2.33 bits per heavy atom. The normalized spacial score (nSPS) is 11.0. The maximum absolute atomic E-state index is 6.58. The van der Waals surface area contributed by atoms with E-state index in [2.05, 4.69) is 9.97 Å². The lowest BCUT2D eigenvalue weighted by Gasteiger charge is -2.17. The minimum Gasteiger partial charge on any atom is -0.463 e. The molecule has 33 heavy (non-hydrogen) atoms. The van der Waals surface area contributed by atoms with E-state index in [1.807, 2.05) is 32.0 Å². The Balaban J connectivity index is 1.96. The molecule has 0 fully saturated rings. The van der Waals surface area contributed by atoms with Gasteiger partial charge in [0.15, 0.2) is 0 Å². The van der Waals surface area contributed by atoms with E-state index in [0.717, 1.165) is 5.56 Å². The summed E-state index contributed by atoms with van der Waals surface area (Å²) < 4.78 is 12.0. The van der Waals surface area contributed by atoms with Crippen molar-refractivity contribution in [2.45, 2.75) is 13.8 Å². The van der Waals surface area contributed by atoms with Crippen molar-refractivity contribution in [2.24, 2.45) is 5.92 Å². The van der Waals surface area contributed by atoms with Crippen LogP contribution in [0.25, 0.3) is 22.4 Å². The molecule has 2 aromatic heterocycles. The number of hydrogen-bond donors (Lipinski definition) is 0. The molecule has 0 aliphatic carbocycles. The van der Waals surface area contributed by atoms with Crippen molar-refractivity contribution in [2.75, 3.05) is 6.61 Å². The van der Waals surface area contributed by atoms with E-state index >= 15 is 0 Å². The van der Waals surface area contributed by atoms with Crippen molar-refractivity contribution in [3.05, 3.63) is 82.1 Å². The molecular formula is C25H20Cl3N3O2.